The summed E-state index contributed by atoms with van der Waals surface area (Å²) < 4.78 is 11.6. The Hall–Kier alpha value is -1.39. The summed E-state index contributed by atoms with van der Waals surface area (Å²) in [5, 5.41) is 10.2. The van der Waals surface area contributed by atoms with Crippen molar-refractivity contribution in [2.75, 3.05) is 0 Å². The highest BCUT2D eigenvalue weighted by Gasteiger charge is 2.46. The van der Waals surface area contributed by atoms with Crippen LogP contribution in [-0.2, 0) is 14.3 Å². The second-order valence-electron chi connectivity index (χ2n) is 7.15. The lowest BCUT2D eigenvalue weighted by Gasteiger charge is -2.30. The Balaban J connectivity index is 2.34. The van der Waals surface area contributed by atoms with Crippen LogP contribution in [0.1, 0.15) is 53.9 Å². The first-order valence-corrected chi connectivity index (χ1v) is 8.83. The van der Waals surface area contributed by atoms with E-state index in [-0.39, 0.29) is 30.0 Å². The van der Waals surface area contributed by atoms with Crippen molar-refractivity contribution >= 4 is 5.97 Å². The molecule has 5 atom stereocenters. The maximum Gasteiger partial charge on any atom is 0.333 e. The molecule has 4 nitrogen and oxygen atoms in total. The largest absolute Gasteiger partial charge is 0.458 e. The van der Waals surface area contributed by atoms with Gasteiger partial charge >= 0.3 is 5.97 Å². The van der Waals surface area contributed by atoms with Gasteiger partial charge in [0.2, 0.25) is 0 Å². The molecule has 0 saturated carbocycles. The third-order valence-corrected chi connectivity index (χ3v) is 5.18. The topological polar surface area (TPSA) is 55.8 Å². The fourth-order valence-corrected chi connectivity index (χ4v) is 3.48. The van der Waals surface area contributed by atoms with Crippen molar-refractivity contribution in [1.82, 2.24) is 0 Å². The van der Waals surface area contributed by atoms with Gasteiger partial charge in [-0.3, -0.25) is 0 Å². The highest BCUT2D eigenvalue weighted by molar-refractivity contribution is 5.87. The van der Waals surface area contributed by atoms with Crippen LogP contribution in [0.25, 0.3) is 0 Å². The third kappa shape index (κ3) is 4.37. The van der Waals surface area contributed by atoms with Gasteiger partial charge in [0, 0.05) is 23.8 Å². The molecule has 0 aromatic rings. The number of esters is 1. The zero-order chi connectivity index (χ0) is 17.9. The molecule has 1 N–H and O–H groups in total. The van der Waals surface area contributed by atoms with Crippen LogP contribution in [0.2, 0.25) is 0 Å². The van der Waals surface area contributed by atoms with E-state index in [1.807, 2.05) is 13.8 Å². The maximum absolute atomic E-state index is 12.3. The van der Waals surface area contributed by atoms with E-state index in [0.29, 0.717) is 12.0 Å². The number of fused-ring (bicyclic) bond motifs is 1. The van der Waals surface area contributed by atoms with Crippen LogP contribution >= 0.6 is 0 Å². The van der Waals surface area contributed by atoms with Gasteiger partial charge in [-0.1, -0.05) is 36.3 Å². The zero-order valence-corrected chi connectivity index (χ0v) is 15.4. The molecule has 2 rings (SSSR count). The Bertz CT molecular complexity index is 558. The smallest absolute Gasteiger partial charge is 0.333 e. The van der Waals surface area contributed by atoms with Crippen LogP contribution in [0.15, 0.2) is 34.9 Å². The number of ether oxygens (including phenoxy) is 2. The van der Waals surface area contributed by atoms with Crippen LogP contribution < -0.4 is 0 Å². The van der Waals surface area contributed by atoms with Gasteiger partial charge in [0.15, 0.2) is 6.29 Å². The molecule has 1 aliphatic heterocycles. The van der Waals surface area contributed by atoms with Crippen molar-refractivity contribution in [3.8, 4) is 0 Å². The molecule has 0 aromatic carbocycles. The summed E-state index contributed by atoms with van der Waals surface area (Å²) in [4.78, 5) is 12.3. The fraction of sp³-hybridized carbons (Fsp3) is 0.650. The summed E-state index contributed by atoms with van der Waals surface area (Å²) in [6, 6.07) is 0. The van der Waals surface area contributed by atoms with Crippen LogP contribution in [0.4, 0.5) is 0 Å². The molecule has 0 radical (unpaired) electrons. The van der Waals surface area contributed by atoms with Crippen molar-refractivity contribution < 1.29 is 19.4 Å². The molecule has 2 aliphatic rings. The number of hydrogen-bond acceptors (Lipinski definition) is 4. The number of aliphatic hydroxyl groups excluding tert-OH is 1. The molecule has 1 aliphatic carbocycles. The number of hydrogen-bond donors (Lipinski definition) is 1. The Morgan fingerprint density at radius 3 is 2.75 bits per heavy atom. The molecular weight excluding hydrogens is 304 g/mol. The van der Waals surface area contributed by atoms with Crippen molar-refractivity contribution in [3.63, 3.8) is 0 Å². The second-order valence-corrected chi connectivity index (χ2v) is 7.15. The Kier molecular flexibility index (Phi) is 6.41. The SMILES string of the molecule is C/C=C(/C)C(=O)O[C@H]1C/C(C)=C/CC/C(C)=C/[C@@H]2O[C@H](O)[C@@H](C)[C@@H]21. The normalized spacial score (nSPS) is 39.2. The molecule has 4 heteroatoms. The standard InChI is InChI=1S/C20H30O4/c1-6-14(4)19(21)23-16-10-12(2)8-7-9-13(3)11-17-18(16)15(5)20(22)24-17/h6,8,11,15-18,20,22H,7,9-10H2,1-5H3/b12-8+,13-11+,14-6-/t15-,16-,17-,18+,20-/m0/s1. The summed E-state index contributed by atoms with van der Waals surface area (Å²) in [5.74, 6) is -0.430. The highest BCUT2D eigenvalue weighted by atomic mass is 16.6. The van der Waals surface area contributed by atoms with Gasteiger partial charge in [-0.05, 0) is 40.5 Å². The average molecular weight is 334 g/mol. The molecule has 134 valence electrons. The van der Waals surface area contributed by atoms with E-state index in [4.69, 9.17) is 9.47 Å². The van der Waals surface area contributed by atoms with Gasteiger partial charge in [-0.25, -0.2) is 4.79 Å². The predicted octanol–water partition coefficient (Wildman–Crippen LogP) is 3.91. The first-order valence-electron chi connectivity index (χ1n) is 8.83. The lowest BCUT2D eigenvalue weighted by Crippen LogP contribution is -2.36. The van der Waals surface area contributed by atoms with Crippen LogP contribution in [0.5, 0.6) is 0 Å². The van der Waals surface area contributed by atoms with E-state index in [1.54, 1.807) is 13.0 Å². The summed E-state index contributed by atoms with van der Waals surface area (Å²) in [6.45, 7) is 9.72. The van der Waals surface area contributed by atoms with E-state index in [2.05, 4.69) is 26.0 Å². The number of aliphatic hydroxyl groups is 1. The number of carbonyl (C=O) groups excluding carboxylic acids is 1. The molecule has 0 bridgehead atoms. The fourth-order valence-electron chi connectivity index (χ4n) is 3.48. The number of carbonyl (C=O) groups is 1. The minimum atomic E-state index is -0.821. The number of rotatable bonds is 2. The van der Waals surface area contributed by atoms with E-state index >= 15 is 0 Å². The maximum atomic E-state index is 12.3. The minimum absolute atomic E-state index is 0.0509. The molecule has 1 fully saturated rings. The summed E-state index contributed by atoms with van der Waals surface area (Å²) in [6.07, 6.45) is 7.36. The average Bonchev–Trinajstić information content (AvgIpc) is 2.79. The summed E-state index contributed by atoms with van der Waals surface area (Å²) >= 11 is 0. The lowest BCUT2D eigenvalue weighted by atomic mass is 9.82. The van der Waals surface area contributed by atoms with Crippen LogP contribution in [-0.4, -0.2) is 29.6 Å². The zero-order valence-electron chi connectivity index (χ0n) is 15.4. The second kappa shape index (κ2) is 8.13. The first kappa shape index (κ1) is 18.9. The van der Waals surface area contributed by atoms with E-state index in [0.717, 1.165) is 12.8 Å². The lowest BCUT2D eigenvalue weighted by molar-refractivity contribution is -0.148. The Morgan fingerprint density at radius 1 is 1.38 bits per heavy atom. The van der Waals surface area contributed by atoms with E-state index in [9.17, 15) is 9.90 Å². The van der Waals surface area contributed by atoms with Gasteiger partial charge in [0.1, 0.15) is 6.10 Å². The summed E-state index contributed by atoms with van der Waals surface area (Å²) in [5.41, 5.74) is 3.06. The third-order valence-electron chi connectivity index (χ3n) is 5.18. The monoisotopic (exact) mass is 334 g/mol. The number of allylic oxidation sites excluding steroid dienone is 3. The highest BCUT2D eigenvalue weighted by Crippen LogP contribution is 2.39. The molecule has 1 saturated heterocycles. The van der Waals surface area contributed by atoms with Crippen LogP contribution in [0, 0.1) is 11.8 Å². The van der Waals surface area contributed by atoms with E-state index < -0.39 is 6.29 Å². The first-order chi connectivity index (χ1) is 11.3. The molecular formula is C20H30O4. The van der Waals surface area contributed by atoms with Crippen LogP contribution in [0.3, 0.4) is 0 Å². The molecule has 24 heavy (non-hydrogen) atoms. The van der Waals surface area contributed by atoms with E-state index in [1.165, 1.54) is 11.1 Å². The molecule has 0 amide bonds. The summed E-state index contributed by atoms with van der Waals surface area (Å²) in [7, 11) is 0. The van der Waals surface area contributed by atoms with Gasteiger partial charge in [0.25, 0.3) is 0 Å². The van der Waals surface area contributed by atoms with Crippen molar-refractivity contribution in [1.29, 1.82) is 0 Å². The van der Waals surface area contributed by atoms with Gasteiger partial charge in [-0.15, -0.1) is 0 Å². The molecule has 1 heterocycles. The van der Waals surface area contributed by atoms with Gasteiger partial charge < -0.3 is 14.6 Å². The molecule has 0 unspecified atom stereocenters. The quantitative estimate of drug-likeness (QED) is 0.472. The minimum Gasteiger partial charge on any atom is -0.458 e. The van der Waals surface area contributed by atoms with Crippen molar-refractivity contribution in [2.24, 2.45) is 11.8 Å². The van der Waals surface area contributed by atoms with Crippen molar-refractivity contribution in [3.05, 3.63) is 34.9 Å². The van der Waals surface area contributed by atoms with Gasteiger partial charge in [-0.2, -0.15) is 0 Å². The Morgan fingerprint density at radius 2 is 2.08 bits per heavy atom. The van der Waals surface area contributed by atoms with Gasteiger partial charge in [0.05, 0.1) is 6.10 Å². The predicted molar refractivity (Wildman–Crippen MR) is 94.2 cm³/mol. The van der Waals surface area contributed by atoms with Crippen molar-refractivity contribution in [2.45, 2.75) is 72.4 Å². The Labute approximate surface area is 145 Å². The molecule has 0 aromatic heterocycles. The molecule has 0 spiro atoms.